The van der Waals surface area contributed by atoms with Crippen LogP contribution in [0.1, 0.15) is 61.2 Å². The van der Waals surface area contributed by atoms with Gasteiger partial charge in [0.15, 0.2) is 9.84 Å². The fourth-order valence-electron chi connectivity index (χ4n) is 3.10. The van der Waals surface area contributed by atoms with Gasteiger partial charge in [0.05, 0.1) is 10.5 Å². The molecule has 0 bridgehead atoms. The maximum Gasteiger partial charge on any atom is 0.164 e. The maximum absolute atomic E-state index is 13.4. The van der Waals surface area contributed by atoms with Crippen molar-refractivity contribution in [3.05, 3.63) is 71.8 Å². The molecular weight excluding hydrogens is 304 g/mol. The minimum atomic E-state index is -3.29. The first kappa shape index (κ1) is 17.7. The molecule has 0 spiro atoms. The third-order valence-electron chi connectivity index (χ3n) is 4.24. The summed E-state index contributed by atoms with van der Waals surface area (Å²) in [4.78, 5) is 0. The van der Waals surface area contributed by atoms with E-state index in [1.807, 2.05) is 74.5 Å². The molecular formula is C20H26O2S. The van der Waals surface area contributed by atoms with Crippen molar-refractivity contribution in [2.24, 2.45) is 0 Å². The van der Waals surface area contributed by atoms with Gasteiger partial charge >= 0.3 is 0 Å². The average molecular weight is 330 g/mol. The first-order valence-corrected chi connectivity index (χ1v) is 10.0. The third-order valence-corrected chi connectivity index (χ3v) is 6.84. The lowest BCUT2D eigenvalue weighted by Crippen LogP contribution is -2.21. The highest BCUT2D eigenvalue weighted by Crippen LogP contribution is 2.39. The van der Waals surface area contributed by atoms with E-state index < -0.39 is 20.3 Å². The maximum atomic E-state index is 13.4. The Kier molecular flexibility index (Phi) is 6.40. The van der Waals surface area contributed by atoms with Crippen LogP contribution in [-0.2, 0) is 9.84 Å². The van der Waals surface area contributed by atoms with Crippen molar-refractivity contribution in [3.63, 3.8) is 0 Å². The Hall–Kier alpha value is -1.61. The molecule has 2 nitrogen and oxygen atoms in total. The van der Waals surface area contributed by atoms with Crippen molar-refractivity contribution in [1.82, 2.24) is 0 Å². The van der Waals surface area contributed by atoms with Gasteiger partial charge in [0.1, 0.15) is 0 Å². The standard InChI is InChI=1S/C20H26O2S/c1-3-11-19(17-13-7-5-8-14-17)23(21,22)20(12-4-2)18-15-9-6-10-16-18/h5-10,13-16,19-20H,3-4,11-12H2,1-2H3. The second kappa shape index (κ2) is 8.30. The molecule has 0 aromatic heterocycles. The van der Waals surface area contributed by atoms with Gasteiger partial charge in [-0.25, -0.2) is 8.42 Å². The summed E-state index contributed by atoms with van der Waals surface area (Å²) in [7, 11) is -3.29. The van der Waals surface area contributed by atoms with Crippen LogP contribution in [0.4, 0.5) is 0 Å². The predicted octanol–water partition coefficient (Wildman–Crippen LogP) is 5.48. The molecule has 2 atom stereocenters. The van der Waals surface area contributed by atoms with Crippen LogP contribution in [0, 0.1) is 0 Å². The quantitative estimate of drug-likeness (QED) is 0.642. The molecule has 2 aromatic rings. The summed E-state index contributed by atoms with van der Waals surface area (Å²) in [5.74, 6) is 0. The summed E-state index contributed by atoms with van der Waals surface area (Å²) in [5, 5.41) is -0.851. The molecule has 2 unspecified atom stereocenters. The van der Waals surface area contributed by atoms with E-state index in [1.165, 1.54) is 0 Å². The molecule has 2 rings (SSSR count). The van der Waals surface area contributed by atoms with Crippen LogP contribution in [-0.4, -0.2) is 8.42 Å². The summed E-state index contributed by atoms with van der Waals surface area (Å²) in [6.07, 6.45) is 3.04. The van der Waals surface area contributed by atoms with E-state index in [-0.39, 0.29) is 0 Å². The number of benzene rings is 2. The molecule has 0 radical (unpaired) electrons. The topological polar surface area (TPSA) is 34.1 Å². The minimum Gasteiger partial charge on any atom is -0.228 e. The van der Waals surface area contributed by atoms with Gasteiger partial charge in [0, 0.05) is 0 Å². The zero-order valence-electron chi connectivity index (χ0n) is 14.0. The summed E-state index contributed by atoms with van der Waals surface area (Å²) in [6, 6.07) is 19.3. The van der Waals surface area contributed by atoms with Crippen LogP contribution < -0.4 is 0 Å². The van der Waals surface area contributed by atoms with Gasteiger partial charge in [-0.1, -0.05) is 87.4 Å². The van der Waals surface area contributed by atoms with Gasteiger partial charge in [-0.3, -0.25) is 0 Å². The highest BCUT2D eigenvalue weighted by atomic mass is 32.2. The number of hydrogen-bond acceptors (Lipinski definition) is 2. The van der Waals surface area contributed by atoms with E-state index in [1.54, 1.807) is 0 Å². The molecule has 0 amide bonds. The van der Waals surface area contributed by atoms with Crippen molar-refractivity contribution >= 4 is 9.84 Å². The van der Waals surface area contributed by atoms with E-state index in [2.05, 4.69) is 0 Å². The molecule has 0 N–H and O–H groups in total. The Morgan fingerprint density at radius 1 is 0.696 bits per heavy atom. The van der Waals surface area contributed by atoms with Crippen LogP contribution in [0.15, 0.2) is 60.7 Å². The lowest BCUT2D eigenvalue weighted by Gasteiger charge is -2.25. The zero-order chi connectivity index (χ0) is 16.7. The molecule has 124 valence electrons. The van der Waals surface area contributed by atoms with E-state index in [0.717, 1.165) is 24.0 Å². The van der Waals surface area contributed by atoms with Gasteiger partial charge in [0.2, 0.25) is 0 Å². The Bertz CT molecular complexity index is 623. The summed E-state index contributed by atoms with van der Waals surface area (Å²) in [5.41, 5.74) is 1.82. The van der Waals surface area contributed by atoms with Gasteiger partial charge in [-0.2, -0.15) is 0 Å². The molecule has 2 aromatic carbocycles. The van der Waals surface area contributed by atoms with E-state index in [9.17, 15) is 8.42 Å². The lowest BCUT2D eigenvalue weighted by atomic mass is 10.1. The molecule has 0 aliphatic heterocycles. The Morgan fingerprint density at radius 2 is 1.04 bits per heavy atom. The Labute approximate surface area is 140 Å². The Morgan fingerprint density at radius 3 is 1.35 bits per heavy atom. The monoisotopic (exact) mass is 330 g/mol. The molecule has 0 saturated heterocycles. The summed E-state index contributed by atoms with van der Waals surface area (Å²) >= 11 is 0. The van der Waals surface area contributed by atoms with E-state index in [0.29, 0.717) is 12.8 Å². The van der Waals surface area contributed by atoms with Gasteiger partial charge in [0.25, 0.3) is 0 Å². The van der Waals surface area contributed by atoms with Crippen LogP contribution in [0.5, 0.6) is 0 Å². The van der Waals surface area contributed by atoms with Gasteiger partial charge < -0.3 is 0 Å². The predicted molar refractivity (Wildman–Crippen MR) is 97.1 cm³/mol. The molecule has 0 saturated carbocycles. The fourth-order valence-corrected chi connectivity index (χ4v) is 5.70. The smallest absolute Gasteiger partial charge is 0.164 e. The first-order chi connectivity index (χ1) is 11.1. The number of sulfone groups is 1. The van der Waals surface area contributed by atoms with Crippen molar-refractivity contribution in [2.75, 3.05) is 0 Å². The van der Waals surface area contributed by atoms with Crippen LogP contribution in [0.3, 0.4) is 0 Å². The van der Waals surface area contributed by atoms with Crippen LogP contribution in [0.25, 0.3) is 0 Å². The highest BCUT2D eigenvalue weighted by Gasteiger charge is 2.34. The zero-order valence-corrected chi connectivity index (χ0v) is 14.8. The SMILES string of the molecule is CCCC(c1ccccc1)S(=O)(=O)C(CCC)c1ccccc1. The molecule has 0 heterocycles. The first-order valence-electron chi connectivity index (χ1n) is 8.43. The van der Waals surface area contributed by atoms with Crippen molar-refractivity contribution in [3.8, 4) is 0 Å². The Balaban J connectivity index is 2.45. The number of rotatable bonds is 8. The van der Waals surface area contributed by atoms with Crippen molar-refractivity contribution in [2.45, 2.75) is 50.0 Å². The highest BCUT2D eigenvalue weighted by molar-refractivity contribution is 7.91. The van der Waals surface area contributed by atoms with Crippen molar-refractivity contribution < 1.29 is 8.42 Å². The second-order valence-corrected chi connectivity index (χ2v) is 8.28. The van der Waals surface area contributed by atoms with E-state index >= 15 is 0 Å². The van der Waals surface area contributed by atoms with Crippen LogP contribution in [0.2, 0.25) is 0 Å². The molecule has 0 aliphatic rings. The number of hydrogen-bond donors (Lipinski definition) is 0. The largest absolute Gasteiger partial charge is 0.228 e. The fraction of sp³-hybridized carbons (Fsp3) is 0.400. The van der Waals surface area contributed by atoms with Gasteiger partial charge in [-0.05, 0) is 24.0 Å². The summed E-state index contributed by atoms with van der Waals surface area (Å²) in [6.45, 7) is 4.09. The third kappa shape index (κ3) is 4.23. The summed E-state index contributed by atoms with van der Waals surface area (Å²) < 4.78 is 26.8. The lowest BCUT2D eigenvalue weighted by molar-refractivity contribution is 0.551. The molecule has 3 heteroatoms. The van der Waals surface area contributed by atoms with Crippen LogP contribution >= 0.6 is 0 Å². The minimum absolute atomic E-state index is 0.426. The molecule has 23 heavy (non-hydrogen) atoms. The second-order valence-electron chi connectivity index (χ2n) is 5.97. The molecule has 0 fully saturated rings. The van der Waals surface area contributed by atoms with Gasteiger partial charge in [-0.15, -0.1) is 0 Å². The molecule has 0 aliphatic carbocycles. The van der Waals surface area contributed by atoms with E-state index in [4.69, 9.17) is 0 Å². The van der Waals surface area contributed by atoms with Crippen molar-refractivity contribution in [1.29, 1.82) is 0 Å². The average Bonchev–Trinajstić information content (AvgIpc) is 2.58. The normalized spacial score (nSPS) is 14.3.